The van der Waals surface area contributed by atoms with E-state index in [2.05, 4.69) is 5.32 Å². The first-order chi connectivity index (χ1) is 9.69. The van der Waals surface area contributed by atoms with Crippen molar-refractivity contribution >= 4 is 27.5 Å². The highest BCUT2D eigenvalue weighted by Gasteiger charge is 2.39. The fraction of sp³-hybridized carbons (Fsp3) is 0.462. The van der Waals surface area contributed by atoms with Crippen LogP contribution in [0.3, 0.4) is 0 Å². The van der Waals surface area contributed by atoms with Crippen LogP contribution in [0.2, 0.25) is 0 Å². The van der Waals surface area contributed by atoms with Crippen LogP contribution < -0.4 is 5.32 Å². The van der Waals surface area contributed by atoms with Crippen LogP contribution in [0.5, 0.6) is 0 Å². The van der Waals surface area contributed by atoms with Gasteiger partial charge in [0.2, 0.25) is 5.91 Å². The molecule has 116 valence electrons. The van der Waals surface area contributed by atoms with Crippen LogP contribution in [0.15, 0.2) is 23.1 Å². The number of benzene rings is 1. The van der Waals surface area contributed by atoms with E-state index in [1.807, 2.05) is 0 Å². The van der Waals surface area contributed by atoms with Crippen molar-refractivity contribution in [3.05, 3.63) is 29.8 Å². The van der Waals surface area contributed by atoms with Crippen molar-refractivity contribution in [2.24, 2.45) is 0 Å². The highest BCUT2D eigenvalue weighted by Crippen LogP contribution is 2.24. The van der Waals surface area contributed by atoms with Gasteiger partial charge in [-0.1, -0.05) is 0 Å². The van der Waals surface area contributed by atoms with E-state index < -0.39 is 27.0 Å². The van der Waals surface area contributed by atoms with Crippen LogP contribution in [-0.2, 0) is 14.6 Å². The summed E-state index contributed by atoms with van der Waals surface area (Å²) in [6.45, 7) is 1.69. The minimum atomic E-state index is -3.09. The third-order valence-corrected chi connectivity index (χ3v) is 6.10. The molecule has 1 atom stereocenters. The maximum Gasteiger partial charge on any atom is 0.230 e. The lowest BCUT2D eigenvalue weighted by Gasteiger charge is -2.23. The Bertz CT molecular complexity index is 663. The summed E-state index contributed by atoms with van der Waals surface area (Å²) >= 11 is 1.07. The van der Waals surface area contributed by atoms with E-state index in [9.17, 15) is 22.0 Å². The van der Waals surface area contributed by atoms with E-state index in [0.717, 1.165) is 23.9 Å². The largest absolute Gasteiger partial charge is 0.349 e. The molecule has 1 saturated heterocycles. The molecule has 4 nitrogen and oxygen atoms in total. The van der Waals surface area contributed by atoms with E-state index in [4.69, 9.17) is 0 Å². The number of amides is 1. The molecular formula is C13H15F2NO3S2. The van der Waals surface area contributed by atoms with Crippen LogP contribution in [0, 0.1) is 11.6 Å². The number of nitrogens with one attached hydrogen (secondary N) is 1. The van der Waals surface area contributed by atoms with Crippen molar-refractivity contribution in [2.45, 2.75) is 23.8 Å². The summed E-state index contributed by atoms with van der Waals surface area (Å²) in [4.78, 5) is 12.3. The molecule has 0 saturated carbocycles. The number of halogens is 2. The smallest absolute Gasteiger partial charge is 0.230 e. The van der Waals surface area contributed by atoms with E-state index in [-0.39, 0.29) is 23.2 Å². The van der Waals surface area contributed by atoms with E-state index >= 15 is 0 Å². The van der Waals surface area contributed by atoms with Gasteiger partial charge in [0.1, 0.15) is 0 Å². The molecule has 0 spiro atoms. The van der Waals surface area contributed by atoms with Crippen LogP contribution in [-0.4, -0.2) is 37.1 Å². The van der Waals surface area contributed by atoms with Crippen molar-refractivity contribution in [1.29, 1.82) is 0 Å². The lowest BCUT2D eigenvalue weighted by atomic mass is 10.0. The van der Waals surface area contributed by atoms with Gasteiger partial charge in [0.25, 0.3) is 0 Å². The van der Waals surface area contributed by atoms with Gasteiger partial charge in [-0.15, -0.1) is 11.8 Å². The Labute approximate surface area is 126 Å². The zero-order valence-electron chi connectivity index (χ0n) is 11.4. The Kier molecular flexibility index (Phi) is 4.57. The molecule has 1 aromatic carbocycles. The lowest BCUT2D eigenvalue weighted by molar-refractivity contribution is -0.120. The predicted octanol–water partition coefficient (Wildman–Crippen LogP) is 1.75. The van der Waals surface area contributed by atoms with E-state index in [1.165, 1.54) is 6.07 Å². The maximum absolute atomic E-state index is 13.0. The zero-order chi connectivity index (χ0) is 15.7. The van der Waals surface area contributed by atoms with E-state index in [0.29, 0.717) is 11.3 Å². The molecule has 1 fully saturated rings. The highest BCUT2D eigenvalue weighted by atomic mass is 32.2. The van der Waals surface area contributed by atoms with Gasteiger partial charge in [0.15, 0.2) is 21.5 Å². The van der Waals surface area contributed by atoms with Crippen molar-refractivity contribution in [1.82, 2.24) is 5.32 Å². The summed E-state index contributed by atoms with van der Waals surface area (Å²) in [5, 5.41) is 2.70. The minimum Gasteiger partial charge on any atom is -0.349 e. The average molecular weight is 335 g/mol. The molecule has 1 aliphatic heterocycles. The normalized spacial score (nSPS) is 24.0. The first kappa shape index (κ1) is 16.2. The van der Waals surface area contributed by atoms with Gasteiger partial charge in [-0.2, -0.15) is 0 Å². The number of sulfone groups is 1. The zero-order valence-corrected chi connectivity index (χ0v) is 13.0. The molecule has 1 unspecified atom stereocenters. The summed E-state index contributed by atoms with van der Waals surface area (Å²) in [6.07, 6.45) is 0.386. The highest BCUT2D eigenvalue weighted by molar-refractivity contribution is 8.00. The predicted molar refractivity (Wildman–Crippen MR) is 76.9 cm³/mol. The second-order valence-corrected chi connectivity index (χ2v) is 8.55. The number of thioether (sulfide) groups is 1. The van der Waals surface area contributed by atoms with Gasteiger partial charge in [0.05, 0.1) is 22.8 Å². The molecule has 0 aromatic heterocycles. The number of hydrogen-bond acceptors (Lipinski definition) is 4. The summed E-state index contributed by atoms with van der Waals surface area (Å²) in [7, 11) is -3.09. The molecule has 2 rings (SSSR count). The third kappa shape index (κ3) is 4.41. The molecule has 8 heteroatoms. The standard InChI is InChI=1S/C13H15F2NO3S2/c1-13(4-5-21(18,19)8-13)16-12(17)7-20-9-2-3-10(14)11(15)6-9/h2-3,6H,4-5,7-8H2,1H3,(H,16,17). The Morgan fingerprint density at radius 3 is 2.67 bits per heavy atom. The van der Waals surface area contributed by atoms with E-state index in [1.54, 1.807) is 6.92 Å². The monoisotopic (exact) mass is 335 g/mol. The fourth-order valence-corrected chi connectivity index (χ4v) is 5.01. The van der Waals surface area contributed by atoms with Crippen molar-refractivity contribution in [3.63, 3.8) is 0 Å². The first-order valence-electron chi connectivity index (χ1n) is 6.28. The Morgan fingerprint density at radius 2 is 2.10 bits per heavy atom. The topological polar surface area (TPSA) is 63.2 Å². The molecule has 0 radical (unpaired) electrons. The van der Waals surface area contributed by atoms with Crippen molar-refractivity contribution < 1.29 is 22.0 Å². The third-order valence-electron chi connectivity index (χ3n) is 3.21. The van der Waals surface area contributed by atoms with Gasteiger partial charge < -0.3 is 5.32 Å². The summed E-state index contributed by atoms with van der Waals surface area (Å²) in [5.74, 6) is -2.21. The number of carbonyl (C=O) groups is 1. The molecule has 1 N–H and O–H groups in total. The summed E-state index contributed by atoms with van der Waals surface area (Å²) in [6, 6.07) is 3.41. The maximum atomic E-state index is 13.0. The van der Waals surface area contributed by atoms with Gasteiger partial charge in [0, 0.05) is 4.90 Å². The molecule has 21 heavy (non-hydrogen) atoms. The second kappa shape index (κ2) is 5.92. The summed E-state index contributed by atoms with van der Waals surface area (Å²) in [5.41, 5.74) is -0.746. The quantitative estimate of drug-likeness (QED) is 0.852. The molecule has 1 heterocycles. The van der Waals surface area contributed by atoms with Gasteiger partial charge in [-0.05, 0) is 31.5 Å². The van der Waals surface area contributed by atoms with Crippen LogP contribution in [0.25, 0.3) is 0 Å². The number of carbonyl (C=O) groups excluding carboxylic acids is 1. The fourth-order valence-electron chi connectivity index (χ4n) is 2.20. The van der Waals surface area contributed by atoms with Crippen molar-refractivity contribution in [3.8, 4) is 0 Å². The molecular weight excluding hydrogens is 320 g/mol. The van der Waals surface area contributed by atoms with Crippen molar-refractivity contribution in [2.75, 3.05) is 17.3 Å². The summed E-state index contributed by atoms with van der Waals surface area (Å²) < 4.78 is 48.7. The lowest BCUT2D eigenvalue weighted by Crippen LogP contribution is -2.47. The average Bonchev–Trinajstić information content (AvgIpc) is 2.65. The number of rotatable bonds is 4. The second-order valence-electron chi connectivity index (χ2n) is 5.32. The van der Waals surface area contributed by atoms with Crippen LogP contribution >= 0.6 is 11.8 Å². The Balaban J connectivity index is 1.89. The Morgan fingerprint density at radius 1 is 1.38 bits per heavy atom. The van der Waals surface area contributed by atoms with Gasteiger partial charge in [-0.3, -0.25) is 4.79 Å². The van der Waals surface area contributed by atoms with Gasteiger partial charge in [-0.25, -0.2) is 17.2 Å². The molecule has 0 aliphatic carbocycles. The first-order valence-corrected chi connectivity index (χ1v) is 9.09. The SMILES string of the molecule is CC1(NC(=O)CSc2ccc(F)c(F)c2)CCS(=O)(=O)C1. The van der Waals surface area contributed by atoms with Crippen LogP contribution in [0.1, 0.15) is 13.3 Å². The van der Waals surface area contributed by atoms with Gasteiger partial charge >= 0.3 is 0 Å². The Hall–Kier alpha value is -1.15. The molecule has 0 bridgehead atoms. The molecule has 1 aromatic rings. The number of hydrogen-bond donors (Lipinski definition) is 1. The molecule has 1 aliphatic rings. The molecule has 1 amide bonds. The minimum absolute atomic E-state index is 0.0146. The van der Waals surface area contributed by atoms with Crippen LogP contribution in [0.4, 0.5) is 8.78 Å².